The lowest BCUT2D eigenvalue weighted by molar-refractivity contribution is 0.0716. The second-order valence-electron chi connectivity index (χ2n) is 6.80. The van der Waals surface area contributed by atoms with E-state index in [1.807, 2.05) is 31.1 Å². The van der Waals surface area contributed by atoms with Gasteiger partial charge >= 0.3 is 0 Å². The van der Waals surface area contributed by atoms with E-state index in [0.29, 0.717) is 34.6 Å². The first-order chi connectivity index (χ1) is 13.0. The summed E-state index contributed by atoms with van der Waals surface area (Å²) in [5.74, 6) is -0.169. The molecule has 3 aromatic rings. The molecule has 1 aliphatic rings. The molecular formula is C20H18ClN3O3. The Bertz CT molecular complexity index is 1080. The molecule has 0 radical (unpaired) electrons. The Morgan fingerprint density at radius 2 is 1.93 bits per heavy atom. The zero-order chi connectivity index (χ0) is 19.1. The Kier molecular flexibility index (Phi) is 4.45. The van der Waals surface area contributed by atoms with Crippen molar-refractivity contribution >= 4 is 28.5 Å². The zero-order valence-electron chi connectivity index (χ0n) is 15.0. The van der Waals surface area contributed by atoms with Crippen molar-refractivity contribution in [3.8, 4) is 0 Å². The summed E-state index contributed by atoms with van der Waals surface area (Å²) in [5, 5.41) is 0.826. The molecule has 1 aliphatic heterocycles. The number of likely N-dealkylation sites (N-methyl/N-ethyl adjacent to an activating group) is 1. The second-order valence-corrected chi connectivity index (χ2v) is 7.24. The highest BCUT2D eigenvalue weighted by Gasteiger charge is 2.42. The van der Waals surface area contributed by atoms with Crippen LogP contribution in [0.1, 0.15) is 27.7 Å². The second kappa shape index (κ2) is 6.79. The Hall–Kier alpha value is -2.70. The van der Waals surface area contributed by atoms with Crippen LogP contribution in [0.25, 0.3) is 11.0 Å². The number of halogens is 1. The average Bonchev–Trinajstić information content (AvgIpc) is 2.94. The first-order valence-electron chi connectivity index (χ1n) is 8.59. The number of aromatic nitrogens is 1. The summed E-state index contributed by atoms with van der Waals surface area (Å²) in [6.07, 6.45) is 3.31. The van der Waals surface area contributed by atoms with Crippen molar-refractivity contribution in [3.63, 3.8) is 0 Å². The van der Waals surface area contributed by atoms with Gasteiger partial charge in [-0.3, -0.25) is 14.6 Å². The number of carbonyl (C=O) groups excluding carboxylic acids is 1. The lowest BCUT2D eigenvalue weighted by Crippen LogP contribution is -2.35. The first kappa shape index (κ1) is 17.7. The van der Waals surface area contributed by atoms with Gasteiger partial charge in [0.05, 0.1) is 17.0 Å². The topological polar surface area (TPSA) is 66.7 Å². The number of fused-ring (bicyclic) bond motifs is 2. The normalized spacial score (nSPS) is 16.4. The molecule has 0 spiro atoms. The molecule has 3 heterocycles. The summed E-state index contributed by atoms with van der Waals surface area (Å²) in [5.41, 5.74) is 1.32. The summed E-state index contributed by atoms with van der Waals surface area (Å²) in [6, 6.07) is 7.98. The largest absolute Gasteiger partial charge is 0.450 e. The molecule has 138 valence electrons. The van der Waals surface area contributed by atoms with Crippen molar-refractivity contribution in [3.05, 3.63) is 74.9 Å². The van der Waals surface area contributed by atoms with E-state index in [2.05, 4.69) is 4.98 Å². The number of hydrogen-bond acceptors (Lipinski definition) is 5. The van der Waals surface area contributed by atoms with E-state index in [-0.39, 0.29) is 17.1 Å². The van der Waals surface area contributed by atoms with Gasteiger partial charge in [-0.25, -0.2) is 0 Å². The highest BCUT2D eigenvalue weighted by molar-refractivity contribution is 6.31. The van der Waals surface area contributed by atoms with Gasteiger partial charge < -0.3 is 14.2 Å². The molecule has 0 aliphatic carbocycles. The Morgan fingerprint density at radius 1 is 1.19 bits per heavy atom. The zero-order valence-corrected chi connectivity index (χ0v) is 15.7. The van der Waals surface area contributed by atoms with E-state index < -0.39 is 6.04 Å². The van der Waals surface area contributed by atoms with Crippen molar-refractivity contribution in [2.45, 2.75) is 6.04 Å². The molecular weight excluding hydrogens is 366 g/mol. The summed E-state index contributed by atoms with van der Waals surface area (Å²) in [7, 11) is 3.88. The molecule has 27 heavy (non-hydrogen) atoms. The summed E-state index contributed by atoms with van der Waals surface area (Å²) >= 11 is 6.07. The predicted molar refractivity (Wildman–Crippen MR) is 103 cm³/mol. The van der Waals surface area contributed by atoms with Crippen molar-refractivity contribution in [2.75, 3.05) is 27.2 Å². The number of amides is 1. The molecule has 1 aromatic carbocycles. The van der Waals surface area contributed by atoms with Crippen LogP contribution in [0.3, 0.4) is 0 Å². The van der Waals surface area contributed by atoms with Crippen molar-refractivity contribution in [1.29, 1.82) is 0 Å². The highest BCUT2D eigenvalue weighted by atomic mass is 35.5. The quantitative estimate of drug-likeness (QED) is 0.693. The van der Waals surface area contributed by atoms with Gasteiger partial charge in [0.25, 0.3) is 5.91 Å². The van der Waals surface area contributed by atoms with Crippen molar-refractivity contribution in [1.82, 2.24) is 14.8 Å². The number of rotatable bonds is 4. The molecule has 1 atom stereocenters. The monoisotopic (exact) mass is 383 g/mol. The molecule has 1 amide bonds. The maximum absolute atomic E-state index is 13.3. The molecule has 6 nitrogen and oxygen atoms in total. The molecule has 4 rings (SSSR count). The summed E-state index contributed by atoms with van der Waals surface area (Å²) in [4.78, 5) is 34.1. The lowest BCUT2D eigenvalue weighted by atomic mass is 9.99. The third-order valence-corrected chi connectivity index (χ3v) is 4.97. The third kappa shape index (κ3) is 3.01. The van der Waals surface area contributed by atoms with Crippen molar-refractivity contribution in [2.24, 2.45) is 0 Å². The van der Waals surface area contributed by atoms with Crippen LogP contribution in [0.15, 0.2) is 51.9 Å². The SMILES string of the molecule is CN(C)CCN1C(=O)c2oc3ccc(Cl)cc3c(=O)c2C1c1ccncc1. The standard InChI is InChI=1S/C20H18ClN3O3/c1-23(2)9-10-24-17(12-5-7-22-8-6-12)16-18(25)14-11-13(21)3-4-15(14)27-19(16)20(24)26/h3-8,11,17H,9-10H2,1-2H3. The van der Waals surface area contributed by atoms with Crippen LogP contribution in [0.5, 0.6) is 0 Å². The Labute approximate surface area is 161 Å². The van der Waals surface area contributed by atoms with Gasteiger partial charge in [0, 0.05) is 30.5 Å². The van der Waals surface area contributed by atoms with Crippen LogP contribution in [0, 0.1) is 0 Å². The highest BCUT2D eigenvalue weighted by Crippen LogP contribution is 2.37. The molecule has 0 fully saturated rings. The number of carbonyl (C=O) groups is 1. The Balaban J connectivity index is 1.95. The number of hydrogen-bond donors (Lipinski definition) is 0. The molecule has 0 saturated heterocycles. The van der Waals surface area contributed by atoms with Crippen LogP contribution in [0.2, 0.25) is 5.02 Å². The van der Waals surface area contributed by atoms with Crippen LogP contribution in [-0.4, -0.2) is 47.9 Å². The fraction of sp³-hybridized carbons (Fsp3) is 0.250. The van der Waals surface area contributed by atoms with Gasteiger partial charge in [-0.2, -0.15) is 0 Å². The third-order valence-electron chi connectivity index (χ3n) is 4.74. The number of pyridine rings is 1. The van der Waals surface area contributed by atoms with Crippen LogP contribution >= 0.6 is 11.6 Å². The van der Waals surface area contributed by atoms with E-state index in [9.17, 15) is 9.59 Å². The van der Waals surface area contributed by atoms with Gasteiger partial charge in [-0.15, -0.1) is 0 Å². The van der Waals surface area contributed by atoms with Gasteiger partial charge in [0.15, 0.2) is 5.43 Å². The van der Waals surface area contributed by atoms with E-state index in [1.54, 1.807) is 35.5 Å². The van der Waals surface area contributed by atoms with Gasteiger partial charge in [0.2, 0.25) is 5.76 Å². The molecule has 2 aromatic heterocycles. The molecule has 1 unspecified atom stereocenters. The van der Waals surface area contributed by atoms with E-state index in [1.165, 1.54) is 0 Å². The summed E-state index contributed by atoms with van der Waals surface area (Å²) < 4.78 is 5.86. The van der Waals surface area contributed by atoms with Crippen LogP contribution in [-0.2, 0) is 0 Å². The fourth-order valence-corrected chi connectivity index (χ4v) is 3.60. The molecule has 0 bridgehead atoms. The van der Waals surface area contributed by atoms with Crippen LogP contribution < -0.4 is 5.43 Å². The lowest BCUT2D eigenvalue weighted by Gasteiger charge is -2.26. The minimum Gasteiger partial charge on any atom is -0.450 e. The van der Waals surface area contributed by atoms with Gasteiger partial charge in [-0.05, 0) is 50.0 Å². The summed E-state index contributed by atoms with van der Waals surface area (Å²) in [6.45, 7) is 1.14. The maximum Gasteiger partial charge on any atom is 0.290 e. The Morgan fingerprint density at radius 3 is 2.63 bits per heavy atom. The molecule has 0 N–H and O–H groups in total. The predicted octanol–water partition coefficient (Wildman–Crippen LogP) is 2.95. The molecule has 0 saturated carbocycles. The first-order valence-corrected chi connectivity index (χ1v) is 8.97. The minimum absolute atomic E-state index is 0.107. The van der Waals surface area contributed by atoms with E-state index in [0.717, 1.165) is 5.56 Å². The number of nitrogens with zero attached hydrogens (tertiary/aromatic N) is 3. The molecule has 7 heteroatoms. The minimum atomic E-state index is -0.505. The van der Waals surface area contributed by atoms with Crippen molar-refractivity contribution < 1.29 is 9.21 Å². The van der Waals surface area contributed by atoms with Crippen LogP contribution in [0.4, 0.5) is 0 Å². The number of benzene rings is 1. The fourth-order valence-electron chi connectivity index (χ4n) is 3.42. The average molecular weight is 384 g/mol. The maximum atomic E-state index is 13.3. The van der Waals surface area contributed by atoms with Gasteiger partial charge in [0.1, 0.15) is 5.58 Å². The van der Waals surface area contributed by atoms with Gasteiger partial charge in [-0.1, -0.05) is 11.6 Å². The smallest absolute Gasteiger partial charge is 0.290 e. The van der Waals surface area contributed by atoms with E-state index in [4.69, 9.17) is 16.0 Å². The van der Waals surface area contributed by atoms with E-state index >= 15 is 0 Å².